The third-order valence-corrected chi connectivity index (χ3v) is 6.48. The highest BCUT2D eigenvalue weighted by Crippen LogP contribution is 2.27. The Morgan fingerprint density at radius 3 is 3.00 bits per heavy atom. The minimum atomic E-state index is -0.328. The average Bonchev–Trinajstić information content (AvgIpc) is 3.36. The van der Waals surface area contributed by atoms with E-state index in [0.29, 0.717) is 35.7 Å². The number of benzene rings is 1. The lowest BCUT2D eigenvalue weighted by atomic mass is 9.89. The van der Waals surface area contributed by atoms with Gasteiger partial charge in [0.25, 0.3) is 5.91 Å². The Morgan fingerprint density at radius 2 is 2.17 bits per heavy atom. The molecule has 3 heterocycles. The predicted molar refractivity (Wildman–Crippen MR) is 110 cm³/mol. The summed E-state index contributed by atoms with van der Waals surface area (Å²) in [5, 5.41) is 10.2. The number of aromatic nitrogens is 4. The fourth-order valence-corrected chi connectivity index (χ4v) is 4.84. The van der Waals surface area contributed by atoms with E-state index < -0.39 is 0 Å². The minimum Gasteiger partial charge on any atom is -0.350 e. The van der Waals surface area contributed by atoms with Crippen LogP contribution in [0.4, 0.5) is 4.39 Å². The molecule has 0 spiro atoms. The second kappa shape index (κ2) is 7.39. The fraction of sp³-hybridized carbons (Fsp3) is 0.476. The number of halogens is 1. The van der Waals surface area contributed by atoms with Gasteiger partial charge in [-0.1, -0.05) is 6.07 Å². The van der Waals surface area contributed by atoms with Crippen LogP contribution in [0.25, 0.3) is 10.9 Å². The van der Waals surface area contributed by atoms with E-state index in [1.165, 1.54) is 6.07 Å². The molecule has 1 saturated carbocycles. The molecule has 1 amide bonds. The number of aryl methyl sites for hydroxylation is 1. The van der Waals surface area contributed by atoms with E-state index in [-0.39, 0.29) is 23.5 Å². The van der Waals surface area contributed by atoms with Crippen molar-refractivity contribution in [1.82, 2.24) is 30.0 Å². The first-order valence-corrected chi connectivity index (χ1v) is 10.5. The summed E-state index contributed by atoms with van der Waals surface area (Å²) < 4.78 is 15.8. The third kappa shape index (κ3) is 3.32. The standard InChI is InChI=1S/C21H25FN6O2/c1-12-5-6-16(22)15-10-17(24-19(12)15)20(29)23-13-3-2-4-14(9-13)27-7-8-28-18(11-27)25-26-21(28)30/h5-6,10,13-14,24H,2-4,7-9,11H2,1H3,(H,23,29)(H,26,30)/t13-,14-/m1/s1. The zero-order chi connectivity index (χ0) is 20.8. The molecule has 1 fully saturated rings. The Balaban J connectivity index is 1.27. The lowest BCUT2D eigenvalue weighted by Gasteiger charge is -2.39. The van der Waals surface area contributed by atoms with Crippen LogP contribution < -0.4 is 11.0 Å². The molecule has 30 heavy (non-hydrogen) atoms. The van der Waals surface area contributed by atoms with E-state index in [9.17, 15) is 14.0 Å². The van der Waals surface area contributed by atoms with Gasteiger partial charge in [0.15, 0.2) is 0 Å². The number of nitrogens with zero attached hydrogens (tertiary/aromatic N) is 3. The smallest absolute Gasteiger partial charge is 0.343 e. The summed E-state index contributed by atoms with van der Waals surface area (Å²) in [4.78, 5) is 30.0. The summed E-state index contributed by atoms with van der Waals surface area (Å²) in [6.07, 6.45) is 3.88. The molecular weight excluding hydrogens is 387 g/mol. The number of carbonyl (C=O) groups excluding carboxylic acids is 1. The number of nitrogens with one attached hydrogen (secondary N) is 3. The Bertz CT molecular complexity index is 1120. The Hall–Kier alpha value is -2.94. The minimum absolute atomic E-state index is 0.0666. The highest BCUT2D eigenvalue weighted by Gasteiger charge is 2.31. The zero-order valence-corrected chi connectivity index (χ0v) is 16.9. The number of aromatic amines is 2. The van der Waals surface area contributed by atoms with E-state index in [2.05, 4.69) is 25.4 Å². The Labute approximate surface area is 172 Å². The molecule has 0 saturated heterocycles. The van der Waals surface area contributed by atoms with Crippen LogP contribution >= 0.6 is 0 Å². The molecule has 1 aliphatic heterocycles. The molecule has 2 aromatic heterocycles. The lowest BCUT2D eigenvalue weighted by molar-refractivity contribution is 0.0849. The molecule has 9 heteroatoms. The van der Waals surface area contributed by atoms with Crippen molar-refractivity contribution in [1.29, 1.82) is 0 Å². The van der Waals surface area contributed by atoms with Crippen molar-refractivity contribution in [3.63, 3.8) is 0 Å². The quantitative estimate of drug-likeness (QED) is 0.613. The van der Waals surface area contributed by atoms with Gasteiger partial charge < -0.3 is 10.3 Å². The molecule has 1 aromatic carbocycles. The van der Waals surface area contributed by atoms with Crippen molar-refractivity contribution >= 4 is 16.8 Å². The van der Waals surface area contributed by atoms with Crippen molar-refractivity contribution in [2.45, 2.75) is 57.8 Å². The number of hydrogen-bond donors (Lipinski definition) is 3. The highest BCUT2D eigenvalue weighted by atomic mass is 19.1. The maximum absolute atomic E-state index is 14.1. The van der Waals surface area contributed by atoms with Gasteiger partial charge in [0.2, 0.25) is 0 Å². The van der Waals surface area contributed by atoms with Crippen LogP contribution in [0.2, 0.25) is 0 Å². The van der Waals surface area contributed by atoms with E-state index in [1.807, 2.05) is 6.92 Å². The summed E-state index contributed by atoms with van der Waals surface area (Å²) in [5.41, 5.74) is 1.81. The van der Waals surface area contributed by atoms with E-state index in [0.717, 1.165) is 43.6 Å². The fourth-order valence-electron chi connectivity index (χ4n) is 4.84. The first kappa shape index (κ1) is 19.0. The second-order valence-corrected chi connectivity index (χ2v) is 8.39. The van der Waals surface area contributed by atoms with E-state index in [4.69, 9.17) is 0 Å². The van der Waals surface area contributed by atoms with Gasteiger partial charge in [0, 0.05) is 30.6 Å². The first-order valence-electron chi connectivity index (χ1n) is 10.5. The first-order chi connectivity index (χ1) is 14.5. The SMILES string of the molecule is Cc1ccc(F)c2cc(C(=O)N[C@@H]3CCC[C@@H](N4CCn5c(n[nH]c5=O)C4)C3)[nH]c12. The van der Waals surface area contributed by atoms with Crippen LogP contribution in [-0.4, -0.2) is 49.2 Å². The van der Waals surface area contributed by atoms with Gasteiger partial charge in [-0.2, -0.15) is 5.10 Å². The summed E-state index contributed by atoms with van der Waals surface area (Å²) in [7, 11) is 0. The highest BCUT2D eigenvalue weighted by molar-refractivity contribution is 5.99. The maximum atomic E-state index is 14.1. The van der Waals surface area contributed by atoms with Gasteiger partial charge >= 0.3 is 5.69 Å². The van der Waals surface area contributed by atoms with E-state index >= 15 is 0 Å². The molecule has 2 atom stereocenters. The maximum Gasteiger partial charge on any atom is 0.343 e. The van der Waals surface area contributed by atoms with Gasteiger partial charge in [0.05, 0.1) is 12.1 Å². The van der Waals surface area contributed by atoms with Crippen LogP contribution in [-0.2, 0) is 13.1 Å². The number of fused-ring (bicyclic) bond motifs is 2. The Kier molecular flexibility index (Phi) is 4.69. The van der Waals surface area contributed by atoms with Crippen molar-refractivity contribution in [3.05, 3.63) is 51.6 Å². The predicted octanol–water partition coefficient (Wildman–Crippen LogP) is 2.06. The van der Waals surface area contributed by atoms with Gasteiger partial charge in [-0.3, -0.25) is 14.3 Å². The van der Waals surface area contributed by atoms with Crippen molar-refractivity contribution in [2.24, 2.45) is 0 Å². The van der Waals surface area contributed by atoms with Crippen molar-refractivity contribution in [2.75, 3.05) is 6.54 Å². The monoisotopic (exact) mass is 412 g/mol. The molecule has 3 N–H and O–H groups in total. The average molecular weight is 412 g/mol. The topological polar surface area (TPSA) is 98.8 Å². The number of H-pyrrole nitrogens is 2. The van der Waals surface area contributed by atoms with Gasteiger partial charge in [0.1, 0.15) is 17.3 Å². The van der Waals surface area contributed by atoms with Crippen LogP contribution in [0.3, 0.4) is 0 Å². The molecule has 2 aliphatic rings. The number of hydrogen-bond acceptors (Lipinski definition) is 4. The van der Waals surface area contributed by atoms with Gasteiger partial charge in [-0.05, 0) is 50.3 Å². The van der Waals surface area contributed by atoms with Gasteiger partial charge in [-0.25, -0.2) is 14.3 Å². The molecule has 8 nitrogen and oxygen atoms in total. The molecule has 3 aromatic rings. The third-order valence-electron chi connectivity index (χ3n) is 6.48. The summed E-state index contributed by atoms with van der Waals surface area (Å²) in [6, 6.07) is 5.13. The molecule has 0 unspecified atom stereocenters. The lowest BCUT2D eigenvalue weighted by Crippen LogP contribution is -2.48. The summed E-state index contributed by atoms with van der Waals surface area (Å²) >= 11 is 0. The summed E-state index contributed by atoms with van der Waals surface area (Å²) in [6.45, 7) is 3.98. The Morgan fingerprint density at radius 1 is 1.30 bits per heavy atom. The van der Waals surface area contributed by atoms with Crippen LogP contribution in [0.5, 0.6) is 0 Å². The molecule has 5 rings (SSSR count). The summed E-state index contributed by atoms with van der Waals surface area (Å²) in [5.74, 6) is 0.244. The molecular formula is C21H25FN6O2. The van der Waals surface area contributed by atoms with Crippen LogP contribution in [0.1, 0.15) is 47.6 Å². The number of rotatable bonds is 3. The largest absolute Gasteiger partial charge is 0.350 e. The molecule has 158 valence electrons. The number of amides is 1. The van der Waals surface area contributed by atoms with E-state index in [1.54, 1.807) is 16.7 Å². The van der Waals surface area contributed by atoms with Crippen LogP contribution in [0.15, 0.2) is 23.0 Å². The zero-order valence-electron chi connectivity index (χ0n) is 16.9. The van der Waals surface area contributed by atoms with Crippen LogP contribution in [0, 0.1) is 12.7 Å². The van der Waals surface area contributed by atoms with Crippen molar-refractivity contribution in [3.8, 4) is 0 Å². The normalized spacial score (nSPS) is 22.2. The van der Waals surface area contributed by atoms with Crippen molar-refractivity contribution < 1.29 is 9.18 Å². The molecule has 1 aliphatic carbocycles. The second-order valence-electron chi connectivity index (χ2n) is 8.39. The number of carbonyl (C=O) groups is 1. The van der Waals surface area contributed by atoms with Gasteiger partial charge in [-0.15, -0.1) is 0 Å². The molecule has 0 radical (unpaired) electrons. The molecule has 0 bridgehead atoms.